The van der Waals surface area contributed by atoms with E-state index in [4.69, 9.17) is 4.74 Å². The van der Waals surface area contributed by atoms with Gasteiger partial charge >= 0.3 is 0 Å². The average molecular weight is 417 g/mol. The molecule has 0 radical (unpaired) electrons. The van der Waals surface area contributed by atoms with Gasteiger partial charge in [-0.05, 0) is 70.1 Å². The molecule has 2 heterocycles. The van der Waals surface area contributed by atoms with Gasteiger partial charge in [-0.3, -0.25) is 9.59 Å². The smallest absolute Gasteiger partial charge is 0.253 e. The summed E-state index contributed by atoms with van der Waals surface area (Å²) in [5.41, 5.74) is 0.647. The van der Waals surface area contributed by atoms with Crippen molar-refractivity contribution in [1.29, 1.82) is 0 Å². The van der Waals surface area contributed by atoms with Crippen LogP contribution < -0.4 is 10.1 Å². The van der Waals surface area contributed by atoms with E-state index in [-0.39, 0.29) is 11.8 Å². The zero-order valence-electron chi connectivity index (χ0n) is 18.3. The quantitative estimate of drug-likeness (QED) is 0.631. The first-order valence-electron chi connectivity index (χ1n) is 11.4. The Morgan fingerprint density at radius 2 is 1.73 bits per heavy atom. The van der Waals surface area contributed by atoms with Crippen LogP contribution in [0.5, 0.6) is 5.75 Å². The van der Waals surface area contributed by atoms with E-state index in [9.17, 15) is 9.59 Å². The van der Waals surface area contributed by atoms with Gasteiger partial charge in [0.25, 0.3) is 5.91 Å². The van der Waals surface area contributed by atoms with Crippen molar-refractivity contribution < 1.29 is 14.3 Å². The third kappa shape index (κ3) is 6.71. The number of hydrogen-bond donors (Lipinski definition) is 1. The highest BCUT2D eigenvalue weighted by molar-refractivity contribution is 5.94. The van der Waals surface area contributed by atoms with Crippen LogP contribution in [-0.4, -0.2) is 92.0 Å². The van der Waals surface area contributed by atoms with Crippen LogP contribution in [0.25, 0.3) is 0 Å². The Morgan fingerprint density at radius 3 is 2.40 bits per heavy atom. The van der Waals surface area contributed by atoms with E-state index >= 15 is 0 Å². The topological polar surface area (TPSA) is 65.1 Å². The predicted octanol–water partition coefficient (Wildman–Crippen LogP) is 1.84. The molecule has 2 saturated heterocycles. The number of rotatable bonds is 10. The number of nitrogens with one attached hydrogen (secondary N) is 1. The van der Waals surface area contributed by atoms with Crippen LogP contribution >= 0.6 is 0 Å². The average Bonchev–Trinajstić information content (AvgIpc) is 3.30. The molecule has 0 bridgehead atoms. The zero-order valence-corrected chi connectivity index (χ0v) is 18.3. The molecule has 1 N–H and O–H groups in total. The standard InChI is InChI=1S/C23H36N4O3/c1-2-30-21-8-6-20(7-9-21)23(29)27(16-5-15-25-13-3-4-14-25)17-10-22(28)26-18-11-24-12-19-26/h6-9,24H,2-5,10-19H2,1H3. The first-order valence-corrected chi connectivity index (χ1v) is 11.4. The molecule has 0 spiro atoms. The van der Waals surface area contributed by atoms with E-state index in [1.165, 1.54) is 12.8 Å². The van der Waals surface area contributed by atoms with E-state index in [1.807, 2.05) is 41.0 Å². The van der Waals surface area contributed by atoms with Gasteiger partial charge in [0.1, 0.15) is 5.75 Å². The number of piperazine rings is 1. The molecular weight excluding hydrogens is 380 g/mol. The Balaban J connectivity index is 1.58. The SMILES string of the molecule is CCOc1ccc(C(=O)N(CCCN2CCCC2)CCC(=O)N2CCNCC2)cc1. The van der Waals surface area contributed by atoms with Crippen molar-refractivity contribution in [3.05, 3.63) is 29.8 Å². The molecule has 1 aromatic carbocycles. The molecule has 0 aromatic heterocycles. The fourth-order valence-electron chi connectivity index (χ4n) is 4.15. The number of likely N-dealkylation sites (tertiary alicyclic amines) is 1. The lowest BCUT2D eigenvalue weighted by Gasteiger charge is -2.29. The summed E-state index contributed by atoms with van der Waals surface area (Å²) in [5, 5.41) is 3.27. The molecule has 2 aliphatic heterocycles. The summed E-state index contributed by atoms with van der Waals surface area (Å²) in [6.45, 7) is 10.2. The molecule has 2 aliphatic rings. The fourth-order valence-corrected chi connectivity index (χ4v) is 4.15. The van der Waals surface area contributed by atoms with Gasteiger partial charge in [0.15, 0.2) is 0 Å². The maximum absolute atomic E-state index is 13.2. The lowest BCUT2D eigenvalue weighted by atomic mass is 10.1. The van der Waals surface area contributed by atoms with Gasteiger partial charge in [0.2, 0.25) is 5.91 Å². The van der Waals surface area contributed by atoms with Crippen LogP contribution in [0.15, 0.2) is 24.3 Å². The van der Waals surface area contributed by atoms with E-state index in [0.717, 1.165) is 58.0 Å². The van der Waals surface area contributed by atoms with Gasteiger partial charge < -0.3 is 24.8 Å². The third-order valence-electron chi connectivity index (χ3n) is 5.87. The molecule has 0 unspecified atom stereocenters. The second kappa shape index (κ2) is 11.9. The van der Waals surface area contributed by atoms with Gasteiger partial charge in [-0.15, -0.1) is 0 Å². The van der Waals surface area contributed by atoms with Crippen LogP contribution in [0.1, 0.15) is 43.0 Å². The zero-order chi connectivity index (χ0) is 21.2. The largest absolute Gasteiger partial charge is 0.494 e. The van der Waals surface area contributed by atoms with E-state index in [2.05, 4.69) is 10.2 Å². The highest BCUT2D eigenvalue weighted by Gasteiger charge is 2.21. The first-order chi connectivity index (χ1) is 14.7. The Labute approximate surface area is 180 Å². The molecule has 7 heteroatoms. The predicted molar refractivity (Wildman–Crippen MR) is 118 cm³/mol. The van der Waals surface area contributed by atoms with Crippen molar-refractivity contribution in [2.75, 3.05) is 65.5 Å². The van der Waals surface area contributed by atoms with E-state index in [1.54, 1.807) is 0 Å². The van der Waals surface area contributed by atoms with E-state index < -0.39 is 0 Å². The van der Waals surface area contributed by atoms with Crippen molar-refractivity contribution in [2.24, 2.45) is 0 Å². The van der Waals surface area contributed by atoms with Crippen LogP contribution in [0.3, 0.4) is 0 Å². The van der Waals surface area contributed by atoms with Crippen molar-refractivity contribution >= 4 is 11.8 Å². The molecule has 0 saturated carbocycles. The summed E-state index contributed by atoms with van der Waals surface area (Å²) in [6.07, 6.45) is 3.86. The summed E-state index contributed by atoms with van der Waals surface area (Å²) in [5.74, 6) is 0.900. The highest BCUT2D eigenvalue weighted by atomic mass is 16.5. The lowest BCUT2D eigenvalue weighted by molar-refractivity contribution is -0.131. The highest BCUT2D eigenvalue weighted by Crippen LogP contribution is 2.15. The first kappa shape index (κ1) is 22.6. The number of amides is 2. The summed E-state index contributed by atoms with van der Waals surface area (Å²) < 4.78 is 5.48. The van der Waals surface area contributed by atoms with Gasteiger partial charge in [-0.25, -0.2) is 0 Å². The van der Waals surface area contributed by atoms with Crippen LogP contribution in [0.4, 0.5) is 0 Å². The second-order valence-electron chi connectivity index (χ2n) is 8.03. The molecule has 30 heavy (non-hydrogen) atoms. The maximum Gasteiger partial charge on any atom is 0.253 e. The molecule has 1 aromatic rings. The number of carbonyl (C=O) groups excluding carboxylic acids is 2. The number of carbonyl (C=O) groups is 2. The number of benzene rings is 1. The van der Waals surface area contributed by atoms with Gasteiger partial charge in [-0.1, -0.05) is 0 Å². The minimum Gasteiger partial charge on any atom is -0.494 e. The van der Waals surface area contributed by atoms with Crippen molar-refractivity contribution in [3.8, 4) is 5.75 Å². The minimum atomic E-state index is -0.00687. The number of nitrogens with zero attached hydrogens (tertiary/aromatic N) is 3. The maximum atomic E-state index is 13.2. The van der Waals surface area contributed by atoms with E-state index in [0.29, 0.717) is 31.7 Å². The molecule has 166 valence electrons. The third-order valence-corrected chi connectivity index (χ3v) is 5.87. The van der Waals surface area contributed by atoms with Crippen LogP contribution in [0.2, 0.25) is 0 Å². The van der Waals surface area contributed by atoms with Gasteiger partial charge in [0.05, 0.1) is 6.61 Å². The monoisotopic (exact) mass is 416 g/mol. The molecule has 2 amide bonds. The number of ether oxygens (including phenoxy) is 1. The summed E-state index contributed by atoms with van der Waals surface area (Å²) in [6, 6.07) is 7.31. The van der Waals surface area contributed by atoms with Gasteiger partial charge in [0, 0.05) is 51.3 Å². The van der Waals surface area contributed by atoms with Crippen LogP contribution in [-0.2, 0) is 4.79 Å². The molecule has 2 fully saturated rings. The summed E-state index contributed by atoms with van der Waals surface area (Å²) in [7, 11) is 0. The van der Waals surface area contributed by atoms with Crippen molar-refractivity contribution in [3.63, 3.8) is 0 Å². The van der Waals surface area contributed by atoms with Crippen molar-refractivity contribution in [2.45, 2.75) is 32.6 Å². The Kier molecular flexibility index (Phi) is 8.96. The molecule has 0 aliphatic carbocycles. The molecule has 0 atom stereocenters. The summed E-state index contributed by atoms with van der Waals surface area (Å²) in [4.78, 5) is 32.0. The summed E-state index contributed by atoms with van der Waals surface area (Å²) >= 11 is 0. The van der Waals surface area contributed by atoms with Gasteiger partial charge in [-0.2, -0.15) is 0 Å². The fraction of sp³-hybridized carbons (Fsp3) is 0.652. The van der Waals surface area contributed by atoms with Crippen molar-refractivity contribution in [1.82, 2.24) is 20.0 Å². The Bertz CT molecular complexity index is 668. The molecule has 3 rings (SSSR count). The Hall–Kier alpha value is -2.12. The molecular formula is C23H36N4O3. The Morgan fingerprint density at radius 1 is 1.03 bits per heavy atom. The number of hydrogen-bond acceptors (Lipinski definition) is 5. The van der Waals surface area contributed by atoms with Crippen LogP contribution in [0, 0.1) is 0 Å². The molecule has 7 nitrogen and oxygen atoms in total. The lowest BCUT2D eigenvalue weighted by Crippen LogP contribution is -2.47. The second-order valence-corrected chi connectivity index (χ2v) is 8.03. The minimum absolute atomic E-state index is 0.00687. The normalized spacial score (nSPS) is 17.2.